The van der Waals surface area contributed by atoms with Gasteiger partial charge in [-0.1, -0.05) is 206 Å². The van der Waals surface area contributed by atoms with Gasteiger partial charge in [0, 0.05) is 6.08 Å². The molecule has 0 saturated heterocycles. The minimum atomic E-state index is -1.17. The number of ether oxygens (including phenoxy) is 2. The Morgan fingerprint density at radius 1 is 0.417 bits per heavy atom. The quantitative estimate of drug-likeness (QED) is 0.0397. The number of carbonyl (C=O) groups is 3. The monoisotopic (exact) mass is 679 g/mol. The molecule has 6 heteroatoms. The van der Waals surface area contributed by atoms with Gasteiger partial charge in [-0.2, -0.15) is 0 Å². The van der Waals surface area contributed by atoms with Crippen LogP contribution in [-0.4, -0.2) is 36.2 Å². The Labute approximate surface area is 297 Å². The van der Waals surface area contributed by atoms with Crippen LogP contribution >= 0.6 is 0 Å². The second kappa shape index (κ2) is 38.0. The van der Waals surface area contributed by atoms with Gasteiger partial charge < -0.3 is 14.6 Å². The fourth-order valence-corrected chi connectivity index (χ4v) is 6.26. The molecule has 0 amide bonds. The number of carbonyl (C=O) groups excluding carboxylic acids is 2. The van der Waals surface area contributed by atoms with Crippen LogP contribution in [0.5, 0.6) is 0 Å². The van der Waals surface area contributed by atoms with E-state index in [2.05, 4.69) is 13.8 Å². The molecule has 0 rings (SSSR count). The lowest BCUT2D eigenvalue weighted by atomic mass is 10.0. The highest BCUT2D eigenvalue weighted by Crippen LogP contribution is 2.16. The van der Waals surface area contributed by atoms with E-state index < -0.39 is 24.3 Å². The molecule has 0 aliphatic carbocycles. The predicted molar refractivity (Wildman–Crippen MR) is 201 cm³/mol. The molecule has 0 saturated carbocycles. The molecular weight excluding hydrogens is 600 g/mol. The molecule has 0 aromatic heterocycles. The van der Waals surface area contributed by atoms with Crippen LogP contribution < -0.4 is 0 Å². The first-order valence-corrected chi connectivity index (χ1v) is 20.8. The first-order chi connectivity index (χ1) is 23.5. The van der Waals surface area contributed by atoms with E-state index >= 15 is 0 Å². The van der Waals surface area contributed by atoms with Crippen LogP contribution in [0.2, 0.25) is 0 Å². The van der Waals surface area contributed by atoms with Crippen LogP contribution in [0.3, 0.4) is 0 Å². The van der Waals surface area contributed by atoms with Gasteiger partial charge in [0.2, 0.25) is 0 Å². The van der Waals surface area contributed by atoms with Crippen molar-refractivity contribution in [3.8, 4) is 0 Å². The van der Waals surface area contributed by atoms with Crippen molar-refractivity contribution in [2.75, 3.05) is 13.2 Å². The van der Waals surface area contributed by atoms with E-state index in [-0.39, 0.29) is 18.8 Å². The van der Waals surface area contributed by atoms with Gasteiger partial charge in [0.1, 0.15) is 0 Å². The van der Waals surface area contributed by atoms with E-state index in [0.717, 1.165) is 44.6 Å². The summed E-state index contributed by atoms with van der Waals surface area (Å²) in [4.78, 5) is 35.9. The minimum Gasteiger partial charge on any atom is -0.481 e. The smallest absolute Gasteiger partial charge is 0.334 e. The van der Waals surface area contributed by atoms with Crippen LogP contribution in [-0.2, 0) is 23.9 Å². The maximum atomic E-state index is 12.4. The number of carboxylic acid groups (broad SMARTS) is 1. The molecule has 1 N–H and O–H groups in total. The molecule has 0 atom stereocenters. The SMILES string of the molecule is CCCCCCCCCCCCCCCCCCOC(=O)/C=C(\CC(=O)O)C(=O)OCCCCCCCCCCCCCCCCCC. The fourth-order valence-electron chi connectivity index (χ4n) is 6.26. The summed E-state index contributed by atoms with van der Waals surface area (Å²) in [5, 5.41) is 9.20. The van der Waals surface area contributed by atoms with Crippen LogP contribution in [0.25, 0.3) is 0 Å². The van der Waals surface area contributed by atoms with Crippen molar-refractivity contribution in [3.63, 3.8) is 0 Å². The van der Waals surface area contributed by atoms with Gasteiger partial charge in [-0.3, -0.25) is 4.79 Å². The van der Waals surface area contributed by atoms with Gasteiger partial charge >= 0.3 is 17.9 Å². The molecule has 0 aromatic carbocycles. The second-order valence-electron chi connectivity index (χ2n) is 14.2. The Morgan fingerprint density at radius 3 is 0.979 bits per heavy atom. The summed E-state index contributed by atoms with van der Waals surface area (Å²) in [7, 11) is 0. The lowest BCUT2D eigenvalue weighted by Gasteiger charge is -2.08. The van der Waals surface area contributed by atoms with Gasteiger partial charge in [-0.05, 0) is 12.8 Å². The van der Waals surface area contributed by atoms with E-state index in [1.807, 2.05) is 0 Å². The molecule has 6 nitrogen and oxygen atoms in total. The molecule has 48 heavy (non-hydrogen) atoms. The summed E-state index contributed by atoms with van der Waals surface area (Å²) in [6, 6.07) is 0. The molecule has 0 heterocycles. The van der Waals surface area contributed by atoms with Gasteiger partial charge in [-0.25, -0.2) is 9.59 Å². The largest absolute Gasteiger partial charge is 0.481 e. The molecule has 0 aromatic rings. The lowest BCUT2D eigenvalue weighted by Crippen LogP contribution is -2.15. The van der Waals surface area contributed by atoms with Crippen molar-refractivity contribution >= 4 is 17.9 Å². The molecule has 0 radical (unpaired) electrons. The highest BCUT2D eigenvalue weighted by molar-refractivity contribution is 5.99. The standard InChI is InChI=1S/C42H78O6/c1-3-5-7-9-11-13-15-17-19-21-23-25-27-29-31-33-35-47-41(45)38-39(37-40(43)44)42(46)48-36-34-32-30-28-26-24-22-20-18-16-14-12-10-8-6-4-2/h38H,3-37H2,1-2H3,(H,43,44)/b39-38+. The predicted octanol–water partition coefficient (Wildman–Crippen LogP) is 13.0. The van der Waals surface area contributed by atoms with Crippen molar-refractivity contribution in [3.05, 3.63) is 11.6 Å². The third kappa shape index (κ3) is 35.5. The zero-order valence-corrected chi connectivity index (χ0v) is 31.8. The summed E-state index contributed by atoms with van der Waals surface area (Å²) < 4.78 is 10.5. The third-order valence-electron chi connectivity index (χ3n) is 9.37. The number of rotatable bonds is 38. The van der Waals surface area contributed by atoms with Crippen molar-refractivity contribution in [1.29, 1.82) is 0 Å². The molecule has 0 aliphatic heterocycles. The Hall–Kier alpha value is -1.85. The molecule has 0 fully saturated rings. The zero-order valence-electron chi connectivity index (χ0n) is 31.8. The van der Waals surface area contributed by atoms with Crippen molar-refractivity contribution in [2.24, 2.45) is 0 Å². The summed E-state index contributed by atoms with van der Waals surface area (Å²) in [6.07, 6.45) is 41.2. The zero-order chi connectivity index (χ0) is 35.2. The number of unbranched alkanes of at least 4 members (excludes halogenated alkanes) is 30. The van der Waals surface area contributed by atoms with Gasteiger partial charge in [-0.15, -0.1) is 0 Å². The van der Waals surface area contributed by atoms with E-state index in [1.165, 1.54) is 167 Å². The average molecular weight is 679 g/mol. The summed E-state index contributed by atoms with van der Waals surface area (Å²) in [6.45, 7) is 5.05. The Morgan fingerprint density at radius 2 is 0.688 bits per heavy atom. The molecule has 0 aliphatic rings. The highest BCUT2D eigenvalue weighted by Gasteiger charge is 2.17. The van der Waals surface area contributed by atoms with Crippen molar-refractivity contribution < 1.29 is 29.0 Å². The molecular formula is C42H78O6. The van der Waals surface area contributed by atoms with Gasteiger partial charge in [0.05, 0.1) is 25.2 Å². The average Bonchev–Trinajstić information content (AvgIpc) is 3.07. The third-order valence-corrected chi connectivity index (χ3v) is 9.37. The van der Waals surface area contributed by atoms with E-state index in [9.17, 15) is 19.5 Å². The van der Waals surface area contributed by atoms with Crippen LogP contribution in [0, 0.1) is 0 Å². The number of aliphatic carboxylic acids is 1. The van der Waals surface area contributed by atoms with Crippen LogP contribution in [0.4, 0.5) is 0 Å². The van der Waals surface area contributed by atoms with Crippen molar-refractivity contribution in [2.45, 2.75) is 226 Å². The number of esters is 2. The second-order valence-corrected chi connectivity index (χ2v) is 14.2. The Kier molecular flexibility index (Phi) is 36.5. The van der Waals surface area contributed by atoms with Gasteiger partial charge in [0.15, 0.2) is 0 Å². The molecule has 0 unspecified atom stereocenters. The first kappa shape index (κ1) is 46.1. The Bertz CT molecular complexity index is 761. The molecule has 0 spiro atoms. The fraction of sp³-hybridized carbons (Fsp3) is 0.881. The van der Waals surface area contributed by atoms with Crippen LogP contribution in [0.15, 0.2) is 11.6 Å². The molecule has 282 valence electrons. The maximum absolute atomic E-state index is 12.4. The van der Waals surface area contributed by atoms with E-state index in [0.29, 0.717) is 0 Å². The minimum absolute atomic E-state index is 0.157. The van der Waals surface area contributed by atoms with Gasteiger partial charge in [0.25, 0.3) is 0 Å². The topological polar surface area (TPSA) is 89.9 Å². The number of hydrogen-bond acceptors (Lipinski definition) is 5. The number of hydrogen-bond donors (Lipinski definition) is 1. The van der Waals surface area contributed by atoms with Crippen molar-refractivity contribution in [1.82, 2.24) is 0 Å². The lowest BCUT2D eigenvalue weighted by molar-refractivity contribution is -0.143. The summed E-state index contributed by atoms with van der Waals surface area (Å²) >= 11 is 0. The van der Waals surface area contributed by atoms with E-state index in [4.69, 9.17) is 9.47 Å². The first-order valence-electron chi connectivity index (χ1n) is 20.8. The van der Waals surface area contributed by atoms with Crippen LogP contribution in [0.1, 0.15) is 226 Å². The molecule has 0 bridgehead atoms. The summed E-state index contributed by atoms with van der Waals surface area (Å²) in [5.74, 6) is -2.59. The summed E-state index contributed by atoms with van der Waals surface area (Å²) in [5.41, 5.74) is -0.157. The number of carboxylic acids is 1. The van der Waals surface area contributed by atoms with E-state index in [1.54, 1.807) is 0 Å². The maximum Gasteiger partial charge on any atom is 0.334 e. The Balaban J connectivity index is 3.77. The normalized spacial score (nSPS) is 11.6. The highest BCUT2D eigenvalue weighted by atomic mass is 16.5.